The van der Waals surface area contributed by atoms with Crippen molar-refractivity contribution < 1.29 is 14.3 Å². The van der Waals surface area contributed by atoms with Crippen molar-refractivity contribution >= 4 is 17.8 Å². The number of carbonyl (C=O) groups excluding carboxylic acids is 2. The zero-order valence-electron chi connectivity index (χ0n) is 11.1. The lowest BCUT2D eigenvalue weighted by Crippen LogP contribution is -2.26. The van der Waals surface area contributed by atoms with E-state index in [1.165, 1.54) is 12.4 Å². The van der Waals surface area contributed by atoms with Gasteiger partial charge in [0.2, 0.25) is 11.9 Å². The SMILES string of the molecule is O=C1C[C@@H](C(=O)Nc2ncccn2)[C@@H](c2ccccc2)O1. The fraction of sp³-hybridized carbons (Fsp3) is 0.200. The fourth-order valence-corrected chi connectivity index (χ4v) is 2.30. The number of cyclic esters (lactones) is 1. The first-order valence-corrected chi connectivity index (χ1v) is 6.56. The second-order valence-corrected chi connectivity index (χ2v) is 4.69. The van der Waals surface area contributed by atoms with Gasteiger partial charge in [0.1, 0.15) is 6.10 Å². The largest absolute Gasteiger partial charge is 0.457 e. The predicted molar refractivity (Wildman–Crippen MR) is 74.0 cm³/mol. The standard InChI is InChI=1S/C15H13N3O3/c19-12-9-11(13(21-12)10-5-2-1-3-6-10)14(20)18-15-16-7-4-8-17-15/h1-8,11,13H,9H2,(H,16,17,18,20)/t11-,13-/m1/s1. The molecule has 3 rings (SSSR count). The first-order valence-electron chi connectivity index (χ1n) is 6.56. The third-order valence-electron chi connectivity index (χ3n) is 3.28. The van der Waals surface area contributed by atoms with Gasteiger partial charge in [-0.2, -0.15) is 0 Å². The van der Waals surface area contributed by atoms with Gasteiger partial charge in [0.05, 0.1) is 12.3 Å². The Morgan fingerprint density at radius 2 is 1.86 bits per heavy atom. The minimum absolute atomic E-state index is 0.0538. The summed E-state index contributed by atoms with van der Waals surface area (Å²) in [5.74, 6) is -1.06. The molecule has 2 aromatic rings. The van der Waals surface area contributed by atoms with Crippen LogP contribution in [0.3, 0.4) is 0 Å². The third kappa shape index (κ3) is 2.89. The Labute approximate surface area is 121 Å². The highest BCUT2D eigenvalue weighted by Crippen LogP contribution is 2.35. The molecule has 1 aliphatic heterocycles. The molecule has 0 saturated carbocycles. The molecule has 6 nitrogen and oxygen atoms in total. The Balaban J connectivity index is 1.79. The van der Waals surface area contributed by atoms with Gasteiger partial charge in [0, 0.05) is 12.4 Å². The zero-order valence-corrected chi connectivity index (χ0v) is 11.1. The summed E-state index contributed by atoms with van der Waals surface area (Å²) in [5.41, 5.74) is 0.803. The fourth-order valence-electron chi connectivity index (χ4n) is 2.30. The molecule has 0 unspecified atom stereocenters. The average molecular weight is 283 g/mol. The van der Waals surface area contributed by atoms with Crippen molar-refractivity contribution in [3.05, 3.63) is 54.4 Å². The second-order valence-electron chi connectivity index (χ2n) is 4.69. The lowest BCUT2D eigenvalue weighted by atomic mass is 9.94. The third-order valence-corrected chi connectivity index (χ3v) is 3.28. The van der Waals surface area contributed by atoms with Gasteiger partial charge in [-0.15, -0.1) is 0 Å². The van der Waals surface area contributed by atoms with E-state index in [0.717, 1.165) is 5.56 Å². The van der Waals surface area contributed by atoms with Crippen molar-refractivity contribution in [3.63, 3.8) is 0 Å². The van der Waals surface area contributed by atoms with Crippen LogP contribution < -0.4 is 5.32 Å². The van der Waals surface area contributed by atoms with Gasteiger partial charge in [-0.25, -0.2) is 9.97 Å². The summed E-state index contributed by atoms with van der Waals surface area (Å²) in [6, 6.07) is 10.9. The van der Waals surface area contributed by atoms with Crippen molar-refractivity contribution in [3.8, 4) is 0 Å². The number of amides is 1. The molecular weight excluding hydrogens is 270 g/mol. The van der Waals surface area contributed by atoms with Gasteiger partial charge in [-0.05, 0) is 11.6 Å². The second kappa shape index (κ2) is 5.70. The normalized spacial score (nSPS) is 20.9. The summed E-state index contributed by atoms with van der Waals surface area (Å²) in [6.45, 7) is 0. The summed E-state index contributed by atoms with van der Waals surface area (Å²) in [4.78, 5) is 31.8. The number of aromatic nitrogens is 2. The Bertz CT molecular complexity index is 646. The summed E-state index contributed by atoms with van der Waals surface area (Å²) in [7, 11) is 0. The molecular formula is C15H13N3O3. The quantitative estimate of drug-likeness (QED) is 0.867. The van der Waals surface area contributed by atoms with Gasteiger partial charge in [-0.3, -0.25) is 14.9 Å². The van der Waals surface area contributed by atoms with Gasteiger partial charge in [0.25, 0.3) is 0 Å². The molecule has 2 atom stereocenters. The molecule has 1 aromatic heterocycles. The molecule has 1 fully saturated rings. The first kappa shape index (κ1) is 13.2. The van der Waals surface area contributed by atoms with E-state index < -0.39 is 12.0 Å². The highest BCUT2D eigenvalue weighted by molar-refractivity contribution is 5.95. The van der Waals surface area contributed by atoms with E-state index in [1.807, 2.05) is 30.3 Å². The topological polar surface area (TPSA) is 81.2 Å². The van der Waals surface area contributed by atoms with Crippen LogP contribution in [0.15, 0.2) is 48.8 Å². The molecule has 1 saturated heterocycles. The van der Waals surface area contributed by atoms with E-state index >= 15 is 0 Å². The number of hydrogen-bond acceptors (Lipinski definition) is 5. The molecule has 0 spiro atoms. The molecule has 21 heavy (non-hydrogen) atoms. The van der Waals surface area contributed by atoms with E-state index in [-0.39, 0.29) is 24.2 Å². The highest BCUT2D eigenvalue weighted by Gasteiger charge is 2.40. The Morgan fingerprint density at radius 1 is 1.14 bits per heavy atom. The van der Waals surface area contributed by atoms with Crippen LogP contribution in [0.4, 0.5) is 5.95 Å². The lowest BCUT2D eigenvalue weighted by molar-refractivity contribution is -0.141. The predicted octanol–water partition coefficient (Wildman–Crippen LogP) is 1.72. The summed E-state index contributed by atoms with van der Waals surface area (Å²) >= 11 is 0. The Hall–Kier alpha value is -2.76. The molecule has 1 aromatic carbocycles. The van der Waals surface area contributed by atoms with E-state index in [4.69, 9.17) is 4.74 Å². The molecule has 1 amide bonds. The van der Waals surface area contributed by atoms with E-state index in [9.17, 15) is 9.59 Å². The molecule has 0 bridgehead atoms. The summed E-state index contributed by atoms with van der Waals surface area (Å²) < 4.78 is 5.28. The smallest absolute Gasteiger partial charge is 0.307 e. The molecule has 0 radical (unpaired) electrons. The van der Waals surface area contributed by atoms with Crippen molar-refractivity contribution in [2.75, 3.05) is 5.32 Å². The lowest BCUT2D eigenvalue weighted by Gasteiger charge is -2.16. The van der Waals surface area contributed by atoms with Gasteiger partial charge in [0.15, 0.2) is 0 Å². The molecule has 1 aliphatic rings. The number of rotatable bonds is 3. The van der Waals surface area contributed by atoms with Crippen LogP contribution >= 0.6 is 0 Å². The number of nitrogens with one attached hydrogen (secondary N) is 1. The van der Waals surface area contributed by atoms with Crippen molar-refractivity contribution in [1.82, 2.24) is 9.97 Å². The number of carbonyl (C=O) groups is 2. The number of hydrogen-bond donors (Lipinski definition) is 1. The van der Waals surface area contributed by atoms with Crippen LogP contribution in [0, 0.1) is 5.92 Å². The number of ether oxygens (including phenoxy) is 1. The van der Waals surface area contributed by atoms with Crippen LogP contribution in [-0.4, -0.2) is 21.8 Å². The molecule has 0 aliphatic carbocycles. The van der Waals surface area contributed by atoms with E-state index in [2.05, 4.69) is 15.3 Å². The van der Waals surface area contributed by atoms with Crippen LogP contribution in [-0.2, 0) is 14.3 Å². The molecule has 6 heteroatoms. The zero-order chi connectivity index (χ0) is 14.7. The molecule has 1 N–H and O–H groups in total. The maximum Gasteiger partial charge on any atom is 0.307 e. The Kier molecular flexibility index (Phi) is 3.59. The van der Waals surface area contributed by atoms with Crippen LogP contribution in [0.1, 0.15) is 18.1 Å². The van der Waals surface area contributed by atoms with Gasteiger partial charge < -0.3 is 4.74 Å². The van der Waals surface area contributed by atoms with Crippen molar-refractivity contribution in [2.45, 2.75) is 12.5 Å². The Morgan fingerprint density at radius 3 is 2.57 bits per heavy atom. The minimum atomic E-state index is -0.580. The van der Waals surface area contributed by atoms with Gasteiger partial charge in [-0.1, -0.05) is 30.3 Å². The molecule has 2 heterocycles. The van der Waals surface area contributed by atoms with Crippen LogP contribution in [0.5, 0.6) is 0 Å². The van der Waals surface area contributed by atoms with E-state index in [1.54, 1.807) is 6.07 Å². The monoisotopic (exact) mass is 283 g/mol. The van der Waals surface area contributed by atoms with E-state index in [0.29, 0.717) is 0 Å². The maximum atomic E-state index is 12.3. The van der Waals surface area contributed by atoms with Crippen LogP contribution in [0.2, 0.25) is 0 Å². The first-order chi connectivity index (χ1) is 10.2. The summed E-state index contributed by atoms with van der Waals surface area (Å²) in [5, 5.41) is 2.61. The molecule has 106 valence electrons. The number of benzene rings is 1. The van der Waals surface area contributed by atoms with Gasteiger partial charge >= 0.3 is 5.97 Å². The average Bonchev–Trinajstić information content (AvgIpc) is 2.91. The summed E-state index contributed by atoms with van der Waals surface area (Å²) in [6.07, 6.45) is 2.56. The number of nitrogens with zero attached hydrogens (tertiary/aromatic N) is 2. The van der Waals surface area contributed by atoms with Crippen molar-refractivity contribution in [2.24, 2.45) is 5.92 Å². The highest BCUT2D eigenvalue weighted by atomic mass is 16.6. The minimum Gasteiger partial charge on any atom is -0.457 e. The maximum absolute atomic E-state index is 12.3. The number of esters is 1. The number of anilines is 1. The van der Waals surface area contributed by atoms with Crippen molar-refractivity contribution in [1.29, 1.82) is 0 Å². The van der Waals surface area contributed by atoms with Crippen LogP contribution in [0.25, 0.3) is 0 Å².